The number of rotatable bonds is 16. The second kappa shape index (κ2) is 12.4. The highest BCUT2D eigenvalue weighted by atomic mass is 19.4. The predicted molar refractivity (Wildman–Crippen MR) is 84.4 cm³/mol. The highest BCUT2D eigenvalue weighted by Crippen LogP contribution is 2.60. The van der Waals surface area contributed by atoms with E-state index in [-0.39, 0.29) is 0 Å². The third-order valence-electron chi connectivity index (χ3n) is 4.94. The maximum atomic E-state index is 13.6. The van der Waals surface area contributed by atoms with Crippen molar-refractivity contribution in [3.05, 3.63) is 0 Å². The van der Waals surface area contributed by atoms with Gasteiger partial charge < -0.3 is 4.74 Å². The molecule has 2 unspecified atom stereocenters. The fourth-order valence-corrected chi connectivity index (χ4v) is 2.43. The summed E-state index contributed by atoms with van der Waals surface area (Å²) in [5, 5.41) is 0. The molecule has 0 rings (SSSR count). The molecular formula is C16H6F28O3. The normalized spacial score (nSPS) is 17.6. The van der Waals surface area contributed by atoms with Crippen LogP contribution in [0.5, 0.6) is 0 Å². The monoisotopic (exact) mass is 778 g/mol. The van der Waals surface area contributed by atoms with Gasteiger partial charge in [-0.25, -0.2) is 8.78 Å². The third-order valence-corrected chi connectivity index (χ3v) is 4.94. The van der Waals surface area contributed by atoms with Gasteiger partial charge in [0.15, 0.2) is 0 Å². The van der Waals surface area contributed by atoms with E-state index >= 15 is 0 Å². The van der Waals surface area contributed by atoms with E-state index in [1.165, 1.54) is 0 Å². The van der Waals surface area contributed by atoms with Crippen molar-refractivity contribution in [1.82, 2.24) is 0 Å². The summed E-state index contributed by atoms with van der Waals surface area (Å²) in [6, 6.07) is 0. The summed E-state index contributed by atoms with van der Waals surface area (Å²) in [6.07, 6.45) is -25.8. The molecule has 47 heavy (non-hydrogen) atoms. The van der Waals surface area contributed by atoms with E-state index in [4.69, 9.17) is 0 Å². The zero-order valence-electron chi connectivity index (χ0n) is 20.4. The average molecular weight is 778 g/mol. The molecule has 0 bridgehead atoms. The second-order valence-corrected chi connectivity index (χ2v) is 8.35. The lowest BCUT2D eigenvalue weighted by molar-refractivity contribution is -0.450. The van der Waals surface area contributed by atoms with Crippen LogP contribution in [0.15, 0.2) is 0 Å². The van der Waals surface area contributed by atoms with Crippen LogP contribution in [0.1, 0.15) is 0 Å². The Morgan fingerprint density at radius 3 is 0.723 bits per heavy atom. The molecule has 0 aliphatic rings. The molecule has 0 saturated carbocycles. The lowest BCUT2D eigenvalue weighted by atomic mass is 9.94. The maximum Gasteiger partial charge on any atom is 0.525 e. The summed E-state index contributed by atoms with van der Waals surface area (Å²) >= 11 is 0. The van der Waals surface area contributed by atoms with Gasteiger partial charge in [-0.2, -0.15) is 87.8 Å². The molecule has 0 N–H and O–H groups in total. The Bertz CT molecular complexity index is 975. The van der Waals surface area contributed by atoms with Crippen LogP contribution in [-0.4, -0.2) is 97.9 Å². The number of hydrogen-bond acceptors (Lipinski definition) is 3. The van der Waals surface area contributed by atoms with Gasteiger partial charge in [0.05, 0.1) is 0 Å². The molecule has 0 fully saturated rings. The first kappa shape index (κ1) is 44.9. The van der Waals surface area contributed by atoms with Crippen LogP contribution in [0.3, 0.4) is 0 Å². The van der Waals surface area contributed by atoms with Crippen LogP contribution in [0.4, 0.5) is 123 Å². The molecule has 0 aromatic carbocycles. The molecule has 284 valence electrons. The molecule has 0 aliphatic heterocycles. The molecule has 0 aliphatic carbocycles. The Balaban J connectivity index is 6.32. The minimum atomic E-state index is -8.57. The van der Waals surface area contributed by atoms with Crippen LogP contribution in [0.25, 0.3) is 0 Å². The van der Waals surface area contributed by atoms with Crippen LogP contribution in [-0.2, 0) is 14.2 Å². The van der Waals surface area contributed by atoms with Gasteiger partial charge in [0.1, 0.15) is 13.2 Å². The SMILES string of the molecule is FC(OC(F)(F)F)C(F)(F)C(F)(F)C(F)(F)C(F)(F)C(F)(F)COCC(F)(F)C(F)(F)C(F)(F)C(F)(F)C(F)(F)C(F)OC(F)(F)F. The van der Waals surface area contributed by atoms with Crippen molar-refractivity contribution in [2.24, 2.45) is 0 Å². The Labute approximate surface area is 236 Å². The largest absolute Gasteiger partial charge is 0.525 e. The molecule has 0 aromatic heterocycles. The van der Waals surface area contributed by atoms with Gasteiger partial charge in [0.25, 0.3) is 12.7 Å². The Kier molecular flexibility index (Phi) is 11.8. The highest BCUT2D eigenvalue weighted by molar-refractivity contribution is 5.11. The maximum absolute atomic E-state index is 13.6. The quantitative estimate of drug-likeness (QED) is 0.147. The Morgan fingerprint density at radius 1 is 0.319 bits per heavy atom. The van der Waals surface area contributed by atoms with Gasteiger partial charge in [0.2, 0.25) is 0 Å². The van der Waals surface area contributed by atoms with Crippen molar-refractivity contribution in [1.29, 1.82) is 0 Å². The van der Waals surface area contributed by atoms with Crippen LogP contribution >= 0.6 is 0 Å². The highest BCUT2D eigenvalue weighted by Gasteiger charge is 2.89. The fraction of sp³-hybridized carbons (Fsp3) is 1.00. The molecule has 0 heterocycles. The molecule has 0 amide bonds. The van der Waals surface area contributed by atoms with Gasteiger partial charge >= 0.3 is 72.0 Å². The fourth-order valence-electron chi connectivity index (χ4n) is 2.43. The minimum Gasteiger partial charge on any atom is -0.368 e. The van der Waals surface area contributed by atoms with Crippen molar-refractivity contribution in [3.8, 4) is 0 Å². The summed E-state index contributed by atoms with van der Waals surface area (Å²) in [4.78, 5) is 0. The van der Waals surface area contributed by atoms with Crippen molar-refractivity contribution in [3.63, 3.8) is 0 Å². The van der Waals surface area contributed by atoms with E-state index in [1.54, 1.807) is 9.47 Å². The van der Waals surface area contributed by atoms with Gasteiger partial charge in [-0.15, -0.1) is 26.3 Å². The Morgan fingerprint density at radius 2 is 0.532 bits per heavy atom. The molecule has 0 aromatic rings. The van der Waals surface area contributed by atoms with Crippen LogP contribution < -0.4 is 0 Å². The molecule has 31 heteroatoms. The summed E-state index contributed by atoms with van der Waals surface area (Å²) in [7, 11) is 0. The molecular weight excluding hydrogens is 772 g/mol. The first-order valence-electron chi connectivity index (χ1n) is 10.1. The first-order valence-corrected chi connectivity index (χ1v) is 10.1. The van der Waals surface area contributed by atoms with Gasteiger partial charge in [-0.05, 0) is 0 Å². The van der Waals surface area contributed by atoms with Gasteiger partial charge in [0, 0.05) is 0 Å². The zero-order valence-corrected chi connectivity index (χ0v) is 20.4. The molecule has 0 radical (unpaired) electrons. The average Bonchev–Trinajstić information content (AvgIpc) is 2.80. The minimum absolute atomic E-state index is 1.54. The Hall–Kier alpha value is -2.08. The van der Waals surface area contributed by atoms with E-state index in [1.807, 2.05) is 0 Å². The van der Waals surface area contributed by atoms with E-state index in [0.29, 0.717) is 0 Å². The van der Waals surface area contributed by atoms with E-state index < -0.39 is 97.9 Å². The number of ether oxygens (including phenoxy) is 3. The van der Waals surface area contributed by atoms with Gasteiger partial charge in [-0.1, -0.05) is 0 Å². The summed E-state index contributed by atoms with van der Waals surface area (Å²) < 4.78 is 371. The van der Waals surface area contributed by atoms with Crippen molar-refractivity contribution < 1.29 is 137 Å². The predicted octanol–water partition coefficient (Wildman–Crippen LogP) is 9.02. The third kappa shape index (κ3) is 7.73. The van der Waals surface area contributed by atoms with Crippen molar-refractivity contribution >= 4 is 0 Å². The molecule has 2 atom stereocenters. The number of halogens is 28. The van der Waals surface area contributed by atoms with Crippen LogP contribution in [0.2, 0.25) is 0 Å². The lowest BCUT2D eigenvalue weighted by Crippen LogP contribution is -2.70. The van der Waals surface area contributed by atoms with E-state index in [2.05, 4.69) is 4.74 Å². The summed E-state index contributed by atoms with van der Waals surface area (Å²) in [5.74, 6) is -81.4. The van der Waals surface area contributed by atoms with Crippen LogP contribution in [0, 0.1) is 0 Å². The zero-order chi connectivity index (χ0) is 38.7. The van der Waals surface area contributed by atoms with Gasteiger partial charge in [-0.3, -0.25) is 9.47 Å². The van der Waals surface area contributed by atoms with Crippen molar-refractivity contribution in [2.75, 3.05) is 13.2 Å². The first-order chi connectivity index (χ1) is 20.0. The number of hydrogen-bond donors (Lipinski definition) is 0. The molecule has 3 nitrogen and oxygen atoms in total. The van der Waals surface area contributed by atoms with E-state index in [9.17, 15) is 123 Å². The number of alkyl halides is 28. The molecule has 0 spiro atoms. The summed E-state index contributed by atoms with van der Waals surface area (Å²) in [5.41, 5.74) is 0. The van der Waals surface area contributed by atoms with Crippen molar-refractivity contribution in [2.45, 2.75) is 84.7 Å². The second-order valence-electron chi connectivity index (χ2n) is 8.35. The smallest absolute Gasteiger partial charge is 0.368 e. The topological polar surface area (TPSA) is 27.7 Å². The molecule has 0 saturated heterocycles. The summed E-state index contributed by atoms with van der Waals surface area (Å²) in [6.45, 7) is -8.57. The lowest BCUT2D eigenvalue weighted by Gasteiger charge is -2.40. The standard InChI is InChI=1S/C16H6F28O3/c17-3(46-15(39,40)41)7(23,24)11(31,32)13(35,36)9(27,28)5(19,20)1-45-2-6(21,22)10(29,30)14(37,38)12(33,34)8(25,26)4(18)47-16(42,43)44/h3-4H,1-2H2. The van der Waals surface area contributed by atoms with E-state index in [0.717, 1.165) is 0 Å².